The summed E-state index contributed by atoms with van der Waals surface area (Å²) in [6.45, 7) is 0. The number of benzene rings is 1. The van der Waals surface area contributed by atoms with Gasteiger partial charge in [0.1, 0.15) is 0 Å². The van der Waals surface area contributed by atoms with Crippen molar-refractivity contribution in [2.45, 2.75) is 44.1 Å². The van der Waals surface area contributed by atoms with E-state index >= 15 is 0 Å². The quantitative estimate of drug-likeness (QED) is 0.741. The average Bonchev–Trinajstić information content (AvgIpc) is 2.76. The minimum Gasteiger partial charge on any atom is -0.408 e. The molecule has 6 nitrogen and oxygen atoms in total. The number of fused-ring (bicyclic) bond motifs is 1. The first-order chi connectivity index (χ1) is 10.9. The monoisotopic (exact) mass is 325 g/mol. The van der Waals surface area contributed by atoms with Crippen LogP contribution in [0.3, 0.4) is 0 Å². The van der Waals surface area contributed by atoms with E-state index in [4.69, 9.17) is 4.42 Å². The molecule has 1 aliphatic rings. The van der Waals surface area contributed by atoms with E-state index in [-0.39, 0.29) is 18.4 Å². The number of aromatic amines is 1. The molecule has 0 saturated heterocycles. The Balaban J connectivity index is 1.68. The topological polar surface area (TPSA) is 87.1 Å². The van der Waals surface area contributed by atoms with Gasteiger partial charge in [-0.25, -0.2) is 18.4 Å². The number of hydrogen-bond acceptors (Lipinski definition) is 3. The number of hydrogen-bond donors (Lipinski definition) is 3. The van der Waals surface area contributed by atoms with Gasteiger partial charge in [0.25, 0.3) is 5.92 Å². The highest BCUT2D eigenvalue weighted by atomic mass is 19.3. The molecular formula is C15H17F2N3O3. The number of amides is 2. The number of nitrogens with one attached hydrogen (secondary N) is 3. The summed E-state index contributed by atoms with van der Waals surface area (Å²) in [6.07, 6.45) is 1.93. The van der Waals surface area contributed by atoms with E-state index in [0.29, 0.717) is 24.0 Å². The van der Waals surface area contributed by atoms with E-state index in [1.54, 1.807) is 12.1 Å². The molecule has 0 bridgehead atoms. The number of oxazole rings is 1. The molecule has 0 aliphatic heterocycles. The average molecular weight is 325 g/mol. The standard InChI is InChI=1S/C15H17F2N3O3/c16-15(17)7-3-1-2-4-12(15)20-13(21)18-9-5-6-10-11(8-9)23-14(22)19-10/h5-6,8,12H,1-4,7H2,(H,19,22)(H2,18,20,21). The highest BCUT2D eigenvalue weighted by Gasteiger charge is 2.40. The Morgan fingerprint density at radius 1 is 1.30 bits per heavy atom. The zero-order chi connectivity index (χ0) is 16.4. The minimum absolute atomic E-state index is 0.210. The second kappa shape index (κ2) is 6.02. The third kappa shape index (κ3) is 3.52. The summed E-state index contributed by atoms with van der Waals surface area (Å²) in [7, 11) is 0. The Morgan fingerprint density at radius 3 is 2.96 bits per heavy atom. The molecule has 0 radical (unpaired) electrons. The summed E-state index contributed by atoms with van der Waals surface area (Å²) >= 11 is 0. The van der Waals surface area contributed by atoms with Crippen LogP contribution >= 0.6 is 0 Å². The summed E-state index contributed by atoms with van der Waals surface area (Å²) < 4.78 is 32.8. The van der Waals surface area contributed by atoms with Crippen LogP contribution in [0.15, 0.2) is 27.4 Å². The Morgan fingerprint density at radius 2 is 2.13 bits per heavy atom. The first-order valence-corrected chi connectivity index (χ1v) is 7.52. The Bertz CT molecular complexity index is 769. The number of carbonyl (C=O) groups is 1. The SMILES string of the molecule is O=C(Nc1ccc2[nH]c(=O)oc2c1)NC1CCCCCC1(F)F. The molecule has 124 valence electrons. The van der Waals surface area contributed by atoms with Gasteiger partial charge in [0.2, 0.25) is 0 Å². The molecule has 8 heteroatoms. The van der Waals surface area contributed by atoms with Gasteiger partial charge in [-0.2, -0.15) is 0 Å². The number of halogens is 2. The van der Waals surface area contributed by atoms with Crippen molar-refractivity contribution in [3.8, 4) is 0 Å². The zero-order valence-corrected chi connectivity index (χ0v) is 12.3. The number of carbonyl (C=O) groups excluding carboxylic acids is 1. The third-order valence-electron chi connectivity index (χ3n) is 4.00. The van der Waals surface area contributed by atoms with Gasteiger partial charge in [-0.05, 0) is 25.0 Å². The molecule has 1 unspecified atom stereocenters. The molecule has 1 heterocycles. The molecule has 1 aliphatic carbocycles. The van der Waals surface area contributed by atoms with Crippen molar-refractivity contribution in [3.63, 3.8) is 0 Å². The van der Waals surface area contributed by atoms with Crippen LogP contribution in [0, 0.1) is 0 Å². The summed E-state index contributed by atoms with van der Waals surface area (Å²) in [6, 6.07) is 2.71. The first kappa shape index (κ1) is 15.5. The minimum atomic E-state index is -2.90. The normalized spacial score (nSPS) is 20.9. The molecule has 3 rings (SSSR count). The van der Waals surface area contributed by atoms with E-state index < -0.39 is 23.8 Å². The molecule has 0 spiro atoms. The first-order valence-electron chi connectivity index (χ1n) is 7.52. The number of anilines is 1. The van der Waals surface area contributed by atoms with Gasteiger partial charge in [0, 0.05) is 18.2 Å². The van der Waals surface area contributed by atoms with Crippen molar-refractivity contribution in [3.05, 3.63) is 28.7 Å². The zero-order valence-electron chi connectivity index (χ0n) is 12.3. The van der Waals surface area contributed by atoms with Crippen LogP contribution in [-0.4, -0.2) is 23.0 Å². The van der Waals surface area contributed by atoms with Crippen molar-refractivity contribution < 1.29 is 18.0 Å². The van der Waals surface area contributed by atoms with E-state index in [9.17, 15) is 18.4 Å². The molecule has 1 atom stereocenters. The summed E-state index contributed by atoms with van der Waals surface area (Å²) in [5, 5.41) is 4.84. The number of aromatic nitrogens is 1. The lowest BCUT2D eigenvalue weighted by atomic mass is 10.1. The van der Waals surface area contributed by atoms with Gasteiger partial charge < -0.3 is 15.1 Å². The molecular weight excluding hydrogens is 308 g/mol. The van der Waals surface area contributed by atoms with E-state index in [2.05, 4.69) is 15.6 Å². The predicted octanol–water partition coefficient (Wildman–Crippen LogP) is 3.21. The van der Waals surface area contributed by atoms with Crippen LogP contribution in [0.5, 0.6) is 0 Å². The second-order valence-corrected chi connectivity index (χ2v) is 5.74. The van der Waals surface area contributed by atoms with Crippen LogP contribution in [0.4, 0.5) is 19.3 Å². The van der Waals surface area contributed by atoms with Crippen molar-refractivity contribution in [1.29, 1.82) is 0 Å². The van der Waals surface area contributed by atoms with Crippen LogP contribution in [0.25, 0.3) is 11.1 Å². The lowest BCUT2D eigenvalue weighted by molar-refractivity contribution is -0.0386. The number of urea groups is 1. The smallest absolute Gasteiger partial charge is 0.408 e. The van der Waals surface area contributed by atoms with Gasteiger partial charge in [0.05, 0.1) is 11.6 Å². The van der Waals surface area contributed by atoms with Gasteiger partial charge >= 0.3 is 11.8 Å². The fraction of sp³-hybridized carbons (Fsp3) is 0.467. The van der Waals surface area contributed by atoms with Gasteiger partial charge in [-0.15, -0.1) is 0 Å². The Hall–Kier alpha value is -2.38. The van der Waals surface area contributed by atoms with Crippen LogP contribution in [-0.2, 0) is 0 Å². The summed E-state index contributed by atoms with van der Waals surface area (Å²) in [5.74, 6) is -3.50. The maximum Gasteiger partial charge on any atom is 0.417 e. The van der Waals surface area contributed by atoms with Crippen LogP contribution < -0.4 is 16.4 Å². The number of H-pyrrole nitrogens is 1. The maximum atomic E-state index is 13.9. The van der Waals surface area contributed by atoms with E-state index in [1.807, 2.05) is 0 Å². The number of alkyl halides is 2. The van der Waals surface area contributed by atoms with Crippen molar-refractivity contribution in [1.82, 2.24) is 10.3 Å². The molecule has 3 N–H and O–H groups in total. The largest absolute Gasteiger partial charge is 0.417 e. The van der Waals surface area contributed by atoms with E-state index in [1.165, 1.54) is 6.07 Å². The lowest BCUT2D eigenvalue weighted by Crippen LogP contribution is -2.48. The highest BCUT2D eigenvalue weighted by molar-refractivity contribution is 5.91. The van der Waals surface area contributed by atoms with Crippen LogP contribution in [0.1, 0.15) is 32.1 Å². The van der Waals surface area contributed by atoms with Crippen molar-refractivity contribution >= 4 is 22.8 Å². The van der Waals surface area contributed by atoms with Gasteiger partial charge in [-0.1, -0.05) is 12.8 Å². The Kier molecular flexibility index (Phi) is 4.06. The molecule has 2 amide bonds. The second-order valence-electron chi connectivity index (χ2n) is 5.74. The molecule has 23 heavy (non-hydrogen) atoms. The summed E-state index contributed by atoms with van der Waals surface area (Å²) in [5.41, 5.74) is 1.14. The maximum absolute atomic E-state index is 13.9. The summed E-state index contributed by atoms with van der Waals surface area (Å²) in [4.78, 5) is 25.5. The predicted molar refractivity (Wildman–Crippen MR) is 80.8 cm³/mol. The molecule has 1 aromatic carbocycles. The van der Waals surface area contributed by atoms with Crippen molar-refractivity contribution in [2.24, 2.45) is 0 Å². The third-order valence-corrected chi connectivity index (χ3v) is 4.00. The lowest BCUT2D eigenvalue weighted by Gasteiger charge is -2.25. The Labute approximate surface area is 130 Å². The molecule has 2 aromatic rings. The van der Waals surface area contributed by atoms with Crippen LogP contribution in [0.2, 0.25) is 0 Å². The van der Waals surface area contributed by atoms with Gasteiger partial charge in [-0.3, -0.25) is 4.98 Å². The van der Waals surface area contributed by atoms with Gasteiger partial charge in [0.15, 0.2) is 5.58 Å². The van der Waals surface area contributed by atoms with E-state index in [0.717, 1.165) is 6.42 Å². The fourth-order valence-corrected chi connectivity index (χ4v) is 2.80. The molecule has 1 aromatic heterocycles. The number of rotatable bonds is 2. The molecule has 1 fully saturated rings. The van der Waals surface area contributed by atoms with Crippen molar-refractivity contribution in [2.75, 3.05) is 5.32 Å². The highest BCUT2D eigenvalue weighted by Crippen LogP contribution is 2.32. The fourth-order valence-electron chi connectivity index (χ4n) is 2.80. The molecule has 1 saturated carbocycles.